The normalized spacial score (nSPS) is 12.9. The maximum absolute atomic E-state index is 12.6. The van der Waals surface area contributed by atoms with Crippen LogP contribution in [0, 0.1) is 13.8 Å². The van der Waals surface area contributed by atoms with E-state index in [0.29, 0.717) is 39.6 Å². The lowest BCUT2D eigenvalue weighted by Gasteiger charge is -2.21. The average Bonchev–Trinajstić information content (AvgIpc) is 3.36. The molecule has 0 radical (unpaired) electrons. The number of aliphatic hydroxyl groups is 1. The lowest BCUT2D eigenvalue weighted by atomic mass is 9.84. The molecule has 0 spiro atoms. The molecule has 2 atom stereocenters. The molecule has 1 heterocycles. The summed E-state index contributed by atoms with van der Waals surface area (Å²) < 4.78 is 18.6. The number of nitrogens with zero attached hydrogens (tertiary/aromatic N) is 3. The van der Waals surface area contributed by atoms with Crippen LogP contribution in [0.4, 0.5) is 0 Å². The highest BCUT2D eigenvalue weighted by molar-refractivity contribution is 5.80. The van der Waals surface area contributed by atoms with Gasteiger partial charge in [-0.05, 0) is 67.1 Å². The Hall–Kier alpha value is -3.59. The van der Waals surface area contributed by atoms with Gasteiger partial charge in [0.15, 0.2) is 0 Å². The number of aliphatic hydroxyl groups excluding tert-OH is 1. The van der Waals surface area contributed by atoms with Crippen LogP contribution in [0.15, 0.2) is 60.7 Å². The SMILES string of the molecule is CCOC(=O)CC(c1ccc(C)c([C@H](C)O)c1)c1ccc2c(nnn2CCOCCOCc2ccccc2)c1C. The van der Waals surface area contributed by atoms with Gasteiger partial charge >= 0.3 is 5.97 Å². The summed E-state index contributed by atoms with van der Waals surface area (Å²) in [6.07, 6.45) is -0.416. The summed E-state index contributed by atoms with van der Waals surface area (Å²) in [5.74, 6) is -0.509. The molecule has 0 amide bonds. The van der Waals surface area contributed by atoms with Gasteiger partial charge in [0.2, 0.25) is 0 Å². The second-order valence-electron chi connectivity index (χ2n) is 9.96. The largest absolute Gasteiger partial charge is 0.466 e. The van der Waals surface area contributed by atoms with E-state index in [1.165, 1.54) is 0 Å². The highest BCUT2D eigenvalue weighted by Crippen LogP contribution is 2.35. The van der Waals surface area contributed by atoms with Crippen LogP contribution >= 0.6 is 0 Å². The molecule has 212 valence electrons. The van der Waals surface area contributed by atoms with E-state index in [1.807, 2.05) is 79.2 Å². The molecule has 0 aliphatic heterocycles. The van der Waals surface area contributed by atoms with Crippen molar-refractivity contribution in [3.63, 3.8) is 0 Å². The van der Waals surface area contributed by atoms with Gasteiger partial charge in [-0.3, -0.25) is 4.79 Å². The molecule has 8 heteroatoms. The Balaban J connectivity index is 1.45. The molecule has 4 aromatic rings. The van der Waals surface area contributed by atoms with E-state index in [2.05, 4.69) is 10.3 Å². The van der Waals surface area contributed by atoms with Gasteiger partial charge in [-0.25, -0.2) is 4.68 Å². The summed E-state index contributed by atoms with van der Waals surface area (Å²) in [5.41, 5.74) is 7.60. The number of fused-ring (bicyclic) bond motifs is 1. The fraction of sp³-hybridized carbons (Fsp3) is 0.406. The predicted octanol–water partition coefficient (Wildman–Crippen LogP) is 5.42. The summed E-state index contributed by atoms with van der Waals surface area (Å²) in [5, 5.41) is 19.1. The number of esters is 1. The van der Waals surface area contributed by atoms with Crippen LogP contribution in [-0.2, 0) is 32.2 Å². The first-order valence-electron chi connectivity index (χ1n) is 13.8. The number of aromatic nitrogens is 3. The molecule has 0 bridgehead atoms. The van der Waals surface area contributed by atoms with Gasteiger partial charge in [-0.2, -0.15) is 0 Å². The Morgan fingerprint density at radius 1 is 0.975 bits per heavy atom. The third kappa shape index (κ3) is 7.33. The molecule has 3 aromatic carbocycles. The lowest BCUT2D eigenvalue weighted by Crippen LogP contribution is -2.14. The van der Waals surface area contributed by atoms with E-state index < -0.39 is 6.10 Å². The molecule has 0 aliphatic rings. The van der Waals surface area contributed by atoms with Crippen molar-refractivity contribution in [3.05, 3.63) is 94.0 Å². The Morgan fingerprint density at radius 3 is 2.50 bits per heavy atom. The first-order valence-corrected chi connectivity index (χ1v) is 13.8. The monoisotopic (exact) mass is 545 g/mol. The molecular formula is C32H39N3O5. The van der Waals surface area contributed by atoms with Gasteiger partial charge in [-0.15, -0.1) is 5.10 Å². The van der Waals surface area contributed by atoms with Gasteiger partial charge in [0, 0.05) is 5.92 Å². The van der Waals surface area contributed by atoms with Crippen molar-refractivity contribution in [3.8, 4) is 0 Å². The van der Waals surface area contributed by atoms with Crippen LogP contribution in [0.25, 0.3) is 11.0 Å². The molecule has 0 saturated heterocycles. The van der Waals surface area contributed by atoms with E-state index in [0.717, 1.165) is 44.4 Å². The molecule has 40 heavy (non-hydrogen) atoms. The van der Waals surface area contributed by atoms with E-state index in [9.17, 15) is 9.90 Å². The van der Waals surface area contributed by atoms with Gasteiger partial charge in [-0.1, -0.05) is 59.8 Å². The highest BCUT2D eigenvalue weighted by atomic mass is 16.5. The van der Waals surface area contributed by atoms with Crippen LogP contribution in [0.5, 0.6) is 0 Å². The number of rotatable bonds is 14. The number of benzene rings is 3. The number of ether oxygens (including phenoxy) is 3. The Labute approximate surface area is 235 Å². The smallest absolute Gasteiger partial charge is 0.306 e. The minimum atomic E-state index is -0.607. The third-order valence-corrected chi connectivity index (χ3v) is 7.12. The maximum atomic E-state index is 12.6. The molecular weight excluding hydrogens is 506 g/mol. The molecule has 0 saturated carbocycles. The quantitative estimate of drug-likeness (QED) is 0.167. The molecule has 0 fully saturated rings. The fourth-order valence-electron chi connectivity index (χ4n) is 4.98. The summed E-state index contributed by atoms with van der Waals surface area (Å²) >= 11 is 0. The van der Waals surface area contributed by atoms with E-state index in [1.54, 1.807) is 13.8 Å². The summed E-state index contributed by atoms with van der Waals surface area (Å²) in [6, 6.07) is 20.1. The number of carbonyl (C=O) groups excluding carboxylic acids is 1. The molecule has 1 unspecified atom stereocenters. The van der Waals surface area contributed by atoms with Crippen molar-refractivity contribution in [1.29, 1.82) is 0 Å². The Kier molecular flexibility index (Phi) is 10.4. The first kappa shape index (κ1) is 29.4. The molecule has 1 aromatic heterocycles. The van der Waals surface area contributed by atoms with Crippen molar-refractivity contribution in [2.24, 2.45) is 0 Å². The first-order chi connectivity index (χ1) is 19.4. The van der Waals surface area contributed by atoms with Crippen LogP contribution in [0.3, 0.4) is 0 Å². The second-order valence-corrected chi connectivity index (χ2v) is 9.96. The third-order valence-electron chi connectivity index (χ3n) is 7.12. The number of hydrogen-bond donors (Lipinski definition) is 1. The van der Waals surface area contributed by atoms with Gasteiger partial charge in [0.05, 0.1) is 57.6 Å². The minimum absolute atomic E-state index is 0.191. The Bertz CT molecular complexity index is 1400. The van der Waals surface area contributed by atoms with Crippen molar-refractivity contribution in [2.45, 2.75) is 59.3 Å². The summed E-state index contributed by atoms with van der Waals surface area (Å²) in [7, 11) is 0. The molecule has 1 N–H and O–H groups in total. The summed E-state index contributed by atoms with van der Waals surface area (Å²) in [4.78, 5) is 12.6. The van der Waals surface area contributed by atoms with E-state index in [-0.39, 0.29) is 18.3 Å². The molecule has 0 aliphatic carbocycles. The van der Waals surface area contributed by atoms with E-state index in [4.69, 9.17) is 14.2 Å². The van der Waals surface area contributed by atoms with Gasteiger partial charge in [0.25, 0.3) is 0 Å². The number of hydrogen-bond acceptors (Lipinski definition) is 7. The molecule has 8 nitrogen and oxygen atoms in total. The average molecular weight is 546 g/mol. The fourth-order valence-corrected chi connectivity index (χ4v) is 4.98. The van der Waals surface area contributed by atoms with E-state index >= 15 is 0 Å². The summed E-state index contributed by atoms with van der Waals surface area (Å²) in [6.45, 7) is 10.5. The maximum Gasteiger partial charge on any atom is 0.306 e. The highest BCUT2D eigenvalue weighted by Gasteiger charge is 2.24. The zero-order valence-corrected chi connectivity index (χ0v) is 23.8. The lowest BCUT2D eigenvalue weighted by molar-refractivity contribution is -0.143. The second kappa shape index (κ2) is 14.2. The van der Waals surface area contributed by atoms with Crippen LogP contribution in [0.2, 0.25) is 0 Å². The van der Waals surface area contributed by atoms with Crippen molar-refractivity contribution < 1.29 is 24.1 Å². The number of aryl methyl sites for hydroxylation is 2. The van der Waals surface area contributed by atoms with Crippen LogP contribution < -0.4 is 0 Å². The predicted molar refractivity (Wildman–Crippen MR) is 154 cm³/mol. The van der Waals surface area contributed by atoms with Crippen molar-refractivity contribution in [2.75, 3.05) is 26.4 Å². The Morgan fingerprint density at radius 2 is 1.75 bits per heavy atom. The zero-order chi connectivity index (χ0) is 28.5. The number of carbonyl (C=O) groups is 1. The van der Waals surface area contributed by atoms with Crippen molar-refractivity contribution in [1.82, 2.24) is 15.0 Å². The molecule has 4 rings (SSSR count). The van der Waals surface area contributed by atoms with Crippen LogP contribution in [0.1, 0.15) is 65.7 Å². The standard InChI is InChI=1S/C32H39N3O5/c1-5-40-31(37)20-29(26-12-11-22(2)28(19-26)24(4)36)27-13-14-30-32(23(27)3)33-34-35(30)15-16-38-17-18-39-21-25-9-7-6-8-10-25/h6-14,19,24,29,36H,5,15-18,20-21H2,1-4H3/t24-,29?/m0/s1. The minimum Gasteiger partial charge on any atom is -0.466 e. The zero-order valence-electron chi connectivity index (χ0n) is 23.8. The topological polar surface area (TPSA) is 95.7 Å². The van der Waals surface area contributed by atoms with Crippen LogP contribution in [-0.4, -0.2) is 52.5 Å². The van der Waals surface area contributed by atoms with Gasteiger partial charge < -0.3 is 19.3 Å². The van der Waals surface area contributed by atoms with Gasteiger partial charge in [0.1, 0.15) is 5.52 Å². The van der Waals surface area contributed by atoms with Crippen molar-refractivity contribution >= 4 is 17.0 Å².